The predicted octanol–water partition coefficient (Wildman–Crippen LogP) is 2.19. The molecule has 2 aliphatic rings. The molecule has 1 aliphatic heterocycles. The Balaban J connectivity index is 1.90. The molecule has 1 saturated heterocycles. The molecule has 2 rings (SSSR count). The maximum Gasteiger partial charge on any atom is 0.407 e. The van der Waals surface area contributed by atoms with Crippen molar-refractivity contribution in [3.05, 3.63) is 0 Å². The molecule has 1 amide bonds. The SMILES string of the molecule is CC(C)(C)OC(=O)N[C@@H]1CC[C@H]2OC(C)(C)O[C@@H]12. The summed E-state index contributed by atoms with van der Waals surface area (Å²) in [6.07, 6.45) is 1.41. The van der Waals surface area contributed by atoms with E-state index in [0.717, 1.165) is 12.8 Å². The van der Waals surface area contributed by atoms with Crippen molar-refractivity contribution in [1.29, 1.82) is 0 Å². The first kappa shape index (κ1) is 13.6. The van der Waals surface area contributed by atoms with E-state index in [1.807, 2.05) is 34.6 Å². The third-order valence-electron chi connectivity index (χ3n) is 3.08. The molecule has 0 unspecified atom stereocenters. The maximum absolute atomic E-state index is 11.7. The molecular weight excluding hydrogens is 234 g/mol. The summed E-state index contributed by atoms with van der Waals surface area (Å²) in [6.45, 7) is 9.35. The summed E-state index contributed by atoms with van der Waals surface area (Å²) in [6, 6.07) is -0.0216. The van der Waals surface area contributed by atoms with Gasteiger partial charge in [-0.25, -0.2) is 4.79 Å². The van der Waals surface area contributed by atoms with Crippen molar-refractivity contribution in [3.63, 3.8) is 0 Å². The van der Waals surface area contributed by atoms with Crippen LogP contribution in [-0.2, 0) is 14.2 Å². The minimum atomic E-state index is -0.552. The van der Waals surface area contributed by atoms with E-state index in [1.165, 1.54) is 0 Å². The molecule has 0 aromatic heterocycles. The minimum absolute atomic E-state index is 0.0216. The molecule has 1 saturated carbocycles. The molecule has 5 heteroatoms. The lowest BCUT2D eigenvalue weighted by Crippen LogP contribution is -2.45. The maximum atomic E-state index is 11.7. The van der Waals surface area contributed by atoms with E-state index in [2.05, 4.69) is 5.32 Å². The average Bonchev–Trinajstić information content (AvgIpc) is 2.60. The van der Waals surface area contributed by atoms with Gasteiger partial charge in [-0.15, -0.1) is 0 Å². The summed E-state index contributed by atoms with van der Waals surface area (Å²) in [5, 5.41) is 2.88. The standard InChI is InChI=1S/C13H23NO4/c1-12(2,3)18-11(15)14-8-6-7-9-10(8)17-13(4,5)16-9/h8-10H,6-7H2,1-5H3,(H,14,15)/t8-,9-,10+/m1/s1. The molecule has 104 valence electrons. The van der Waals surface area contributed by atoms with Crippen LogP contribution in [0, 0.1) is 0 Å². The highest BCUT2D eigenvalue weighted by Gasteiger charge is 2.49. The van der Waals surface area contributed by atoms with Gasteiger partial charge in [-0.1, -0.05) is 0 Å². The molecule has 5 nitrogen and oxygen atoms in total. The highest BCUT2D eigenvalue weighted by molar-refractivity contribution is 5.68. The Labute approximate surface area is 108 Å². The van der Waals surface area contributed by atoms with Crippen molar-refractivity contribution in [2.24, 2.45) is 0 Å². The van der Waals surface area contributed by atoms with Gasteiger partial charge >= 0.3 is 6.09 Å². The van der Waals surface area contributed by atoms with Gasteiger partial charge < -0.3 is 19.5 Å². The molecule has 1 heterocycles. The minimum Gasteiger partial charge on any atom is -0.444 e. The molecule has 0 bridgehead atoms. The fraction of sp³-hybridized carbons (Fsp3) is 0.923. The lowest BCUT2D eigenvalue weighted by Gasteiger charge is -2.25. The van der Waals surface area contributed by atoms with Gasteiger partial charge in [0.05, 0.1) is 12.1 Å². The molecule has 2 fully saturated rings. The number of rotatable bonds is 1. The second-order valence-electron chi connectivity index (χ2n) is 6.47. The second-order valence-corrected chi connectivity index (χ2v) is 6.47. The number of nitrogens with one attached hydrogen (secondary N) is 1. The van der Waals surface area contributed by atoms with Crippen LogP contribution < -0.4 is 5.32 Å². The quantitative estimate of drug-likeness (QED) is 0.782. The van der Waals surface area contributed by atoms with Crippen LogP contribution >= 0.6 is 0 Å². The van der Waals surface area contributed by atoms with E-state index in [9.17, 15) is 4.79 Å². The number of fused-ring (bicyclic) bond motifs is 1. The Kier molecular flexibility index (Phi) is 3.32. The van der Waals surface area contributed by atoms with E-state index in [4.69, 9.17) is 14.2 Å². The van der Waals surface area contributed by atoms with Crippen molar-refractivity contribution >= 4 is 6.09 Å². The first-order valence-corrected chi connectivity index (χ1v) is 6.51. The largest absolute Gasteiger partial charge is 0.444 e. The van der Waals surface area contributed by atoms with Crippen LogP contribution in [0.1, 0.15) is 47.5 Å². The highest BCUT2D eigenvalue weighted by atomic mass is 16.8. The molecule has 0 radical (unpaired) electrons. The monoisotopic (exact) mass is 257 g/mol. The summed E-state index contributed by atoms with van der Waals surface area (Å²) in [7, 11) is 0. The van der Waals surface area contributed by atoms with Crippen LogP contribution in [0.5, 0.6) is 0 Å². The number of ether oxygens (including phenoxy) is 3. The van der Waals surface area contributed by atoms with Crippen LogP contribution in [0.15, 0.2) is 0 Å². The topological polar surface area (TPSA) is 56.8 Å². The molecule has 1 aliphatic carbocycles. The van der Waals surface area contributed by atoms with Crippen LogP contribution in [0.3, 0.4) is 0 Å². The molecule has 1 N–H and O–H groups in total. The van der Waals surface area contributed by atoms with Gasteiger partial charge in [0.25, 0.3) is 0 Å². The molecule has 0 aromatic rings. The van der Waals surface area contributed by atoms with Crippen LogP contribution in [0.25, 0.3) is 0 Å². The van der Waals surface area contributed by atoms with Gasteiger partial charge in [-0.05, 0) is 47.5 Å². The fourth-order valence-corrected chi connectivity index (χ4v) is 2.55. The van der Waals surface area contributed by atoms with E-state index in [-0.39, 0.29) is 24.3 Å². The summed E-state index contributed by atoms with van der Waals surface area (Å²) in [5.74, 6) is -0.552. The Morgan fingerprint density at radius 2 is 1.94 bits per heavy atom. The van der Waals surface area contributed by atoms with Crippen molar-refractivity contribution in [3.8, 4) is 0 Å². The van der Waals surface area contributed by atoms with Gasteiger partial charge in [-0.3, -0.25) is 0 Å². The van der Waals surface area contributed by atoms with Crippen molar-refractivity contribution in [2.75, 3.05) is 0 Å². The van der Waals surface area contributed by atoms with E-state index < -0.39 is 11.4 Å². The normalized spacial score (nSPS) is 34.2. The Bertz CT molecular complexity index is 334. The molecule has 18 heavy (non-hydrogen) atoms. The van der Waals surface area contributed by atoms with E-state index in [1.54, 1.807) is 0 Å². The molecular formula is C13H23NO4. The average molecular weight is 257 g/mol. The summed E-state index contributed by atoms with van der Waals surface area (Å²) in [5.41, 5.74) is -0.478. The zero-order chi connectivity index (χ0) is 13.6. The molecule has 0 spiro atoms. The van der Waals surface area contributed by atoms with Gasteiger partial charge in [0.2, 0.25) is 0 Å². The number of alkyl carbamates (subject to hydrolysis) is 1. The third-order valence-corrected chi connectivity index (χ3v) is 3.08. The molecule has 3 atom stereocenters. The van der Waals surface area contributed by atoms with Crippen LogP contribution in [0.2, 0.25) is 0 Å². The second kappa shape index (κ2) is 4.38. The van der Waals surface area contributed by atoms with E-state index >= 15 is 0 Å². The lowest BCUT2D eigenvalue weighted by atomic mass is 10.2. The van der Waals surface area contributed by atoms with Gasteiger partial charge in [0, 0.05) is 0 Å². The van der Waals surface area contributed by atoms with Crippen molar-refractivity contribution < 1.29 is 19.0 Å². The van der Waals surface area contributed by atoms with Crippen LogP contribution in [-0.4, -0.2) is 35.7 Å². The first-order valence-electron chi connectivity index (χ1n) is 6.51. The zero-order valence-electron chi connectivity index (χ0n) is 11.8. The fourth-order valence-electron chi connectivity index (χ4n) is 2.55. The third kappa shape index (κ3) is 3.14. The highest BCUT2D eigenvalue weighted by Crippen LogP contribution is 2.38. The predicted molar refractivity (Wildman–Crippen MR) is 66.2 cm³/mol. The van der Waals surface area contributed by atoms with Gasteiger partial charge in [0.1, 0.15) is 11.7 Å². The summed E-state index contributed by atoms with van der Waals surface area (Å²) >= 11 is 0. The number of amides is 1. The number of carbonyl (C=O) groups excluding carboxylic acids is 1. The van der Waals surface area contributed by atoms with E-state index in [0.29, 0.717) is 0 Å². The van der Waals surface area contributed by atoms with Crippen molar-refractivity contribution in [2.45, 2.75) is 77.1 Å². The van der Waals surface area contributed by atoms with Crippen molar-refractivity contribution in [1.82, 2.24) is 5.32 Å². The van der Waals surface area contributed by atoms with Crippen LogP contribution in [0.4, 0.5) is 4.79 Å². The Morgan fingerprint density at radius 3 is 2.56 bits per heavy atom. The molecule has 0 aromatic carbocycles. The first-order chi connectivity index (χ1) is 8.16. The summed E-state index contributed by atoms with van der Waals surface area (Å²) < 4.78 is 16.8. The van der Waals surface area contributed by atoms with Gasteiger partial charge in [-0.2, -0.15) is 0 Å². The summed E-state index contributed by atoms with van der Waals surface area (Å²) in [4.78, 5) is 11.7. The number of carbonyl (C=O) groups is 1. The number of hydrogen-bond donors (Lipinski definition) is 1. The Hall–Kier alpha value is -0.810. The lowest BCUT2D eigenvalue weighted by molar-refractivity contribution is -0.153. The van der Waals surface area contributed by atoms with Gasteiger partial charge in [0.15, 0.2) is 5.79 Å². The smallest absolute Gasteiger partial charge is 0.407 e. The number of hydrogen-bond acceptors (Lipinski definition) is 4. The zero-order valence-corrected chi connectivity index (χ0v) is 11.8. The Morgan fingerprint density at radius 1 is 1.28 bits per heavy atom.